The van der Waals surface area contributed by atoms with Gasteiger partial charge in [-0.1, -0.05) is 42.5 Å². The first-order chi connectivity index (χ1) is 12.9. The monoisotopic (exact) mass is 371 g/mol. The Bertz CT molecular complexity index is 945. The van der Waals surface area contributed by atoms with Gasteiger partial charge in [0.2, 0.25) is 0 Å². The minimum absolute atomic E-state index is 0.517. The van der Waals surface area contributed by atoms with E-state index in [0.29, 0.717) is 24.3 Å². The summed E-state index contributed by atoms with van der Waals surface area (Å²) >= 11 is 0. The summed E-state index contributed by atoms with van der Waals surface area (Å²) < 4.78 is 41.4. The zero-order valence-corrected chi connectivity index (χ0v) is 15.0. The average molecular weight is 371 g/mol. The van der Waals surface area contributed by atoms with Gasteiger partial charge in [-0.3, -0.25) is 4.68 Å². The highest BCUT2D eigenvalue weighted by atomic mass is 19.4. The van der Waals surface area contributed by atoms with Gasteiger partial charge in [-0.15, -0.1) is 0 Å². The highest BCUT2D eigenvalue weighted by molar-refractivity contribution is 5.65. The molecule has 0 amide bonds. The lowest BCUT2D eigenvalue weighted by molar-refractivity contribution is -0.137. The van der Waals surface area contributed by atoms with E-state index >= 15 is 0 Å². The first-order valence-electron chi connectivity index (χ1n) is 8.90. The van der Waals surface area contributed by atoms with E-state index in [9.17, 15) is 13.2 Å². The van der Waals surface area contributed by atoms with Gasteiger partial charge in [0.25, 0.3) is 0 Å². The van der Waals surface area contributed by atoms with Crippen molar-refractivity contribution in [1.82, 2.24) is 14.7 Å². The van der Waals surface area contributed by atoms with Crippen molar-refractivity contribution in [2.75, 3.05) is 13.6 Å². The van der Waals surface area contributed by atoms with Crippen LogP contribution in [0.1, 0.15) is 22.4 Å². The van der Waals surface area contributed by atoms with Crippen LogP contribution in [0.5, 0.6) is 0 Å². The van der Waals surface area contributed by atoms with Gasteiger partial charge in [0.1, 0.15) is 0 Å². The van der Waals surface area contributed by atoms with E-state index in [2.05, 4.69) is 4.90 Å². The fourth-order valence-electron chi connectivity index (χ4n) is 3.59. The Morgan fingerprint density at radius 3 is 2.56 bits per heavy atom. The van der Waals surface area contributed by atoms with Gasteiger partial charge >= 0.3 is 6.18 Å². The van der Waals surface area contributed by atoms with Crippen LogP contribution in [0.25, 0.3) is 11.3 Å². The molecule has 1 aliphatic heterocycles. The molecular weight excluding hydrogens is 351 g/mol. The molecule has 1 aliphatic rings. The zero-order chi connectivity index (χ0) is 19.0. The van der Waals surface area contributed by atoms with Crippen molar-refractivity contribution < 1.29 is 13.2 Å². The molecule has 0 saturated heterocycles. The molecule has 4 rings (SSSR count). The molecule has 0 N–H and O–H groups in total. The quantitative estimate of drug-likeness (QED) is 0.671. The van der Waals surface area contributed by atoms with Crippen molar-refractivity contribution in [2.24, 2.45) is 0 Å². The molecule has 0 spiro atoms. The van der Waals surface area contributed by atoms with Crippen LogP contribution < -0.4 is 0 Å². The lowest BCUT2D eigenvalue weighted by Crippen LogP contribution is -2.27. The zero-order valence-electron chi connectivity index (χ0n) is 15.0. The maximum absolute atomic E-state index is 13.1. The second-order valence-electron chi connectivity index (χ2n) is 6.98. The molecule has 0 saturated carbocycles. The summed E-state index contributed by atoms with van der Waals surface area (Å²) in [6.07, 6.45) is -3.52. The standard InChI is InChI=1S/C21H20F3N3/c1-26-11-10-19-18(14-26)20(16-8-5-9-17(12-16)21(22,23)24)25-27(19)13-15-6-3-2-4-7-15/h2-9,12H,10-11,13-14H2,1H3. The van der Waals surface area contributed by atoms with E-state index < -0.39 is 11.7 Å². The molecule has 0 radical (unpaired) electrons. The molecule has 0 atom stereocenters. The van der Waals surface area contributed by atoms with E-state index in [4.69, 9.17) is 5.10 Å². The van der Waals surface area contributed by atoms with Gasteiger partial charge in [0, 0.05) is 36.3 Å². The van der Waals surface area contributed by atoms with Gasteiger partial charge in [-0.25, -0.2) is 0 Å². The summed E-state index contributed by atoms with van der Waals surface area (Å²) in [4.78, 5) is 2.17. The Balaban J connectivity index is 1.79. The largest absolute Gasteiger partial charge is 0.416 e. The topological polar surface area (TPSA) is 21.1 Å². The molecule has 3 aromatic rings. The molecular formula is C21H20F3N3. The number of rotatable bonds is 3. The van der Waals surface area contributed by atoms with E-state index in [0.717, 1.165) is 35.9 Å². The fraction of sp³-hybridized carbons (Fsp3) is 0.286. The summed E-state index contributed by atoms with van der Waals surface area (Å²) in [5, 5.41) is 4.74. The number of hydrogen-bond acceptors (Lipinski definition) is 2. The molecule has 6 heteroatoms. The van der Waals surface area contributed by atoms with Crippen LogP contribution in [0.15, 0.2) is 54.6 Å². The van der Waals surface area contributed by atoms with Crippen LogP contribution in [0, 0.1) is 0 Å². The van der Waals surface area contributed by atoms with Crippen molar-refractivity contribution in [2.45, 2.75) is 25.7 Å². The van der Waals surface area contributed by atoms with Crippen molar-refractivity contribution in [1.29, 1.82) is 0 Å². The summed E-state index contributed by atoms with van der Waals surface area (Å²) in [6.45, 7) is 2.22. The van der Waals surface area contributed by atoms with Crippen LogP contribution in [0.2, 0.25) is 0 Å². The van der Waals surface area contributed by atoms with E-state index in [1.807, 2.05) is 42.1 Å². The Kier molecular flexibility index (Phi) is 4.52. The molecule has 0 aliphatic carbocycles. The molecule has 0 bridgehead atoms. The normalized spacial score (nSPS) is 15.0. The van der Waals surface area contributed by atoms with Crippen LogP contribution in [0.3, 0.4) is 0 Å². The fourth-order valence-corrected chi connectivity index (χ4v) is 3.59. The highest BCUT2D eigenvalue weighted by Gasteiger charge is 2.31. The van der Waals surface area contributed by atoms with Gasteiger partial charge in [0.15, 0.2) is 0 Å². The smallest absolute Gasteiger partial charge is 0.302 e. The Morgan fingerprint density at radius 2 is 1.81 bits per heavy atom. The molecule has 140 valence electrons. The van der Waals surface area contributed by atoms with Crippen LogP contribution in [-0.2, 0) is 25.7 Å². The highest BCUT2D eigenvalue weighted by Crippen LogP contribution is 2.35. The average Bonchev–Trinajstić information content (AvgIpc) is 2.99. The van der Waals surface area contributed by atoms with Crippen LogP contribution in [-0.4, -0.2) is 28.3 Å². The number of aromatic nitrogens is 2. The van der Waals surface area contributed by atoms with Crippen molar-refractivity contribution >= 4 is 0 Å². The lowest BCUT2D eigenvalue weighted by atomic mass is 10.00. The predicted octanol–water partition coefficient (Wildman–Crippen LogP) is 4.61. The number of hydrogen-bond donors (Lipinski definition) is 0. The Labute approximate surface area is 156 Å². The summed E-state index contributed by atoms with van der Waals surface area (Å²) in [6, 6.07) is 15.4. The third kappa shape index (κ3) is 3.62. The van der Waals surface area contributed by atoms with Gasteiger partial charge in [0.05, 0.1) is 17.8 Å². The maximum Gasteiger partial charge on any atom is 0.416 e. The Hall–Kier alpha value is -2.60. The third-order valence-electron chi connectivity index (χ3n) is 4.96. The predicted molar refractivity (Wildman–Crippen MR) is 98.2 cm³/mol. The summed E-state index contributed by atoms with van der Waals surface area (Å²) in [5.41, 5.74) is 3.79. The summed E-state index contributed by atoms with van der Waals surface area (Å²) in [7, 11) is 2.02. The first-order valence-corrected chi connectivity index (χ1v) is 8.90. The molecule has 0 unspecified atom stereocenters. The Morgan fingerprint density at radius 1 is 1.04 bits per heavy atom. The van der Waals surface area contributed by atoms with Crippen molar-refractivity contribution in [3.63, 3.8) is 0 Å². The lowest BCUT2D eigenvalue weighted by Gasteiger charge is -2.23. The van der Waals surface area contributed by atoms with E-state index in [1.54, 1.807) is 6.07 Å². The number of likely N-dealkylation sites (N-methyl/N-ethyl adjacent to an activating group) is 1. The number of nitrogens with zero attached hydrogens (tertiary/aromatic N) is 3. The molecule has 1 aromatic heterocycles. The second kappa shape index (κ2) is 6.85. The SMILES string of the molecule is CN1CCc2c(c(-c3cccc(C(F)(F)F)c3)nn2Cc2ccccc2)C1. The third-order valence-corrected chi connectivity index (χ3v) is 4.96. The van der Waals surface area contributed by atoms with Crippen LogP contribution >= 0.6 is 0 Å². The molecule has 27 heavy (non-hydrogen) atoms. The molecule has 3 nitrogen and oxygen atoms in total. The van der Waals surface area contributed by atoms with Gasteiger partial charge < -0.3 is 4.90 Å². The minimum atomic E-state index is -4.36. The number of fused-ring (bicyclic) bond motifs is 1. The second-order valence-corrected chi connectivity index (χ2v) is 6.98. The van der Waals surface area contributed by atoms with Crippen LogP contribution in [0.4, 0.5) is 13.2 Å². The molecule has 2 heterocycles. The first kappa shape index (κ1) is 17.8. The van der Waals surface area contributed by atoms with E-state index in [-0.39, 0.29) is 0 Å². The minimum Gasteiger partial charge on any atom is -0.302 e. The van der Waals surface area contributed by atoms with Gasteiger partial charge in [-0.05, 0) is 24.7 Å². The van der Waals surface area contributed by atoms with E-state index in [1.165, 1.54) is 12.1 Å². The number of halogens is 3. The number of benzene rings is 2. The molecule has 2 aromatic carbocycles. The van der Waals surface area contributed by atoms with Crippen molar-refractivity contribution in [3.05, 3.63) is 77.0 Å². The van der Waals surface area contributed by atoms with Crippen molar-refractivity contribution in [3.8, 4) is 11.3 Å². The van der Waals surface area contributed by atoms with Gasteiger partial charge in [-0.2, -0.15) is 18.3 Å². The number of alkyl halides is 3. The maximum atomic E-state index is 13.1. The molecule has 0 fully saturated rings. The summed E-state index contributed by atoms with van der Waals surface area (Å²) in [5.74, 6) is 0.